The molecule has 1 N–H and O–H groups in total. The quantitative estimate of drug-likeness (QED) is 0.302. The lowest BCUT2D eigenvalue weighted by atomic mass is 9.88. The van der Waals surface area contributed by atoms with Crippen molar-refractivity contribution in [2.24, 2.45) is 5.92 Å². The van der Waals surface area contributed by atoms with Gasteiger partial charge in [0, 0.05) is 18.4 Å². The summed E-state index contributed by atoms with van der Waals surface area (Å²) in [6.45, 7) is 3.71. The van der Waals surface area contributed by atoms with Gasteiger partial charge in [0.1, 0.15) is 0 Å². The summed E-state index contributed by atoms with van der Waals surface area (Å²) in [6, 6.07) is 12.5. The average molecular weight is 544 g/mol. The maximum absolute atomic E-state index is 13.4. The minimum atomic E-state index is -4.69. The van der Waals surface area contributed by atoms with E-state index in [-0.39, 0.29) is 18.0 Å². The van der Waals surface area contributed by atoms with Crippen molar-refractivity contribution < 1.29 is 36.2 Å². The van der Waals surface area contributed by atoms with Crippen molar-refractivity contribution in [1.82, 2.24) is 0 Å². The molecule has 10 heteroatoms. The molecule has 0 radical (unpaired) electrons. The highest BCUT2D eigenvalue weighted by Crippen LogP contribution is 2.40. The van der Waals surface area contributed by atoms with Crippen LogP contribution in [0.15, 0.2) is 60.7 Å². The van der Waals surface area contributed by atoms with Crippen LogP contribution in [0.1, 0.15) is 42.9 Å². The van der Waals surface area contributed by atoms with E-state index >= 15 is 0 Å². The second-order valence-corrected chi connectivity index (χ2v) is 9.54. The average Bonchev–Trinajstić information content (AvgIpc) is 2.80. The summed E-state index contributed by atoms with van der Waals surface area (Å²) in [6.07, 6.45) is -8.93. The Bertz CT molecular complexity index is 1270. The predicted octanol–water partition coefficient (Wildman–Crippen LogP) is 9.03. The third-order valence-corrected chi connectivity index (χ3v) is 6.25. The molecule has 1 atom stereocenters. The van der Waals surface area contributed by atoms with E-state index in [2.05, 4.69) is 0 Å². The number of anilines is 2. The van der Waals surface area contributed by atoms with Crippen LogP contribution in [-0.4, -0.2) is 18.1 Å². The molecule has 0 aliphatic carbocycles. The fourth-order valence-corrected chi connectivity index (χ4v) is 4.21. The summed E-state index contributed by atoms with van der Waals surface area (Å²) >= 11 is 5.75. The third kappa shape index (κ3) is 6.77. The maximum Gasteiger partial charge on any atom is 0.417 e. The van der Waals surface area contributed by atoms with Crippen molar-refractivity contribution in [2.75, 3.05) is 11.9 Å². The van der Waals surface area contributed by atoms with Gasteiger partial charge in [0.2, 0.25) is 0 Å². The van der Waals surface area contributed by atoms with Gasteiger partial charge in [0.15, 0.2) is 0 Å². The molecule has 0 saturated carbocycles. The van der Waals surface area contributed by atoms with Crippen LogP contribution in [0.3, 0.4) is 0 Å². The van der Waals surface area contributed by atoms with Crippen LogP contribution < -0.4 is 4.90 Å². The van der Waals surface area contributed by atoms with E-state index in [4.69, 9.17) is 11.6 Å². The van der Waals surface area contributed by atoms with E-state index in [1.54, 1.807) is 18.2 Å². The lowest BCUT2D eigenvalue weighted by molar-refractivity contribution is -0.139. The van der Waals surface area contributed by atoms with Crippen molar-refractivity contribution in [3.63, 3.8) is 0 Å². The number of carboxylic acids is 1. The molecule has 3 aromatic carbocycles. The van der Waals surface area contributed by atoms with Crippen LogP contribution in [0.5, 0.6) is 0 Å². The summed E-state index contributed by atoms with van der Waals surface area (Å²) < 4.78 is 79.4. The summed E-state index contributed by atoms with van der Waals surface area (Å²) in [5, 5.41) is 9.42. The lowest BCUT2D eigenvalue weighted by Crippen LogP contribution is -2.16. The zero-order valence-electron chi connectivity index (χ0n) is 20.1. The minimum absolute atomic E-state index is 0.0163. The van der Waals surface area contributed by atoms with E-state index in [0.717, 1.165) is 24.3 Å². The molecular formula is C27H24ClF6NO2. The van der Waals surface area contributed by atoms with Crippen LogP contribution in [0.2, 0.25) is 5.02 Å². The highest BCUT2D eigenvalue weighted by Gasteiger charge is 2.34. The molecule has 3 rings (SSSR count). The topological polar surface area (TPSA) is 40.5 Å². The molecular weight excluding hydrogens is 520 g/mol. The fraction of sp³-hybridized carbons (Fsp3) is 0.296. The van der Waals surface area contributed by atoms with Crippen molar-refractivity contribution >= 4 is 28.9 Å². The third-order valence-electron chi connectivity index (χ3n) is 5.92. The number of benzene rings is 3. The van der Waals surface area contributed by atoms with E-state index in [0.29, 0.717) is 22.4 Å². The van der Waals surface area contributed by atoms with Gasteiger partial charge in [-0.3, -0.25) is 4.79 Å². The molecule has 0 bridgehead atoms. The number of carbonyl (C=O) groups is 1. The van der Waals surface area contributed by atoms with Crippen LogP contribution in [0.25, 0.3) is 11.1 Å². The van der Waals surface area contributed by atoms with Gasteiger partial charge in [-0.2, -0.15) is 26.3 Å². The maximum atomic E-state index is 13.4. The highest BCUT2D eigenvalue weighted by atomic mass is 35.5. The van der Waals surface area contributed by atoms with Crippen LogP contribution in [-0.2, 0) is 17.1 Å². The zero-order chi connectivity index (χ0) is 27.7. The molecule has 3 aromatic rings. The Morgan fingerprint density at radius 1 is 0.865 bits per heavy atom. The first kappa shape index (κ1) is 28.4. The molecule has 0 heterocycles. The van der Waals surface area contributed by atoms with Crippen LogP contribution in [0.4, 0.5) is 37.7 Å². The highest BCUT2D eigenvalue weighted by molar-refractivity contribution is 6.31. The van der Waals surface area contributed by atoms with Crippen molar-refractivity contribution in [1.29, 1.82) is 0 Å². The molecule has 0 fully saturated rings. The smallest absolute Gasteiger partial charge is 0.417 e. The Morgan fingerprint density at radius 2 is 1.49 bits per heavy atom. The molecule has 1 unspecified atom stereocenters. The van der Waals surface area contributed by atoms with Crippen molar-refractivity contribution in [3.05, 3.63) is 82.4 Å². The van der Waals surface area contributed by atoms with Gasteiger partial charge < -0.3 is 10.0 Å². The number of aliphatic carboxylic acids is 1. The Balaban J connectivity index is 2.17. The fourth-order valence-electron chi connectivity index (χ4n) is 3.99. The first-order chi connectivity index (χ1) is 17.1. The first-order valence-corrected chi connectivity index (χ1v) is 11.6. The number of hydrogen-bond acceptors (Lipinski definition) is 2. The summed E-state index contributed by atoms with van der Waals surface area (Å²) in [7, 11) is 1.51. The lowest BCUT2D eigenvalue weighted by Gasteiger charge is -2.24. The molecule has 0 amide bonds. The van der Waals surface area contributed by atoms with Crippen LogP contribution >= 0.6 is 11.6 Å². The van der Waals surface area contributed by atoms with Gasteiger partial charge in [-0.05, 0) is 71.5 Å². The Kier molecular flexibility index (Phi) is 8.17. The second-order valence-electron chi connectivity index (χ2n) is 9.13. The number of rotatable bonds is 7. The van der Waals surface area contributed by atoms with Gasteiger partial charge in [0.05, 0.1) is 22.1 Å². The number of carboxylic acid groups (broad SMARTS) is 1. The van der Waals surface area contributed by atoms with Crippen molar-refractivity contribution in [2.45, 2.75) is 38.5 Å². The Morgan fingerprint density at radius 3 is 2.00 bits per heavy atom. The van der Waals surface area contributed by atoms with E-state index in [1.165, 1.54) is 30.1 Å². The Labute approximate surface area is 215 Å². The molecule has 0 saturated heterocycles. The summed E-state index contributed by atoms with van der Waals surface area (Å²) in [5.41, 5.74) is -0.167. The molecule has 0 spiro atoms. The number of nitrogens with zero attached hydrogens (tertiary/aromatic N) is 1. The van der Waals surface area contributed by atoms with E-state index in [1.807, 2.05) is 13.8 Å². The van der Waals surface area contributed by atoms with Crippen molar-refractivity contribution in [3.8, 4) is 11.1 Å². The van der Waals surface area contributed by atoms with Gasteiger partial charge in [-0.25, -0.2) is 0 Å². The predicted molar refractivity (Wildman–Crippen MR) is 131 cm³/mol. The number of hydrogen-bond donors (Lipinski definition) is 1. The van der Waals surface area contributed by atoms with Gasteiger partial charge >= 0.3 is 18.3 Å². The molecule has 0 aliphatic heterocycles. The minimum Gasteiger partial charge on any atom is -0.481 e. The second kappa shape index (κ2) is 10.7. The van der Waals surface area contributed by atoms with Crippen LogP contribution in [0, 0.1) is 5.92 Å². The Hall–Kier alpha value is -3.20. The summed E-state index contributed by atoms with van der Waals surface area (Å²) in [5.74, 6) is -2.00. The SMILES string of the molecule is CC(C)CC(C(=O)O)c1cc(-c2ccc(C(F)(F)F)cc2)cc(N(C)c2ccc(Cl)c(C(F)(F)F)c2)c1. The largest absolute Gasteiger partial charge is 0.481 e. The van der Waals surface area contributed by atoms with Gasteiger partial charge in [-0.15, -0.1) is 0 Å². The summed E-state index contributed by atoms with van der Waals surface area (Å²) in [4.78, 5) is 13.5. The zero-order valence-corrected chi connectivity index (χ0v) is 20.8. The van der Waals surface area contributed by atoms with Gasteiger partial charge in [0.25, 0.3) is 0 Å². The monoisotopic (exact) mass is 543 g/mol. The van der Waals surface area contributed by atoms with E-state index in [9.17, 15) is 36.2 Å². The number of halogens is 7. The molecule has 198 valence electrons. The van der Waals surface area contributed by atoms with E-state index < -0.39 is 40.4 Å². The van der Waals surface area contributed by atoms with Gasteiger partial charge in [-0.1, -0.05) is 43.6 Å². The first-order valence-electron chi connectivity index (χ1n) is 11.2. The number of alkyl halides is 6. The molecule has 0 aliphatic rings. The normalized spacial score (nSPS) is 13.1. The standard InChI is InChI=1S/C27H24ClF6NO2/c1-15(2)10-22(25(36)37)18-11-17(16-4-6-19(7-5-16)26(29,30)31)12-21(13-18)35(3)20-8-9-24(28)23(14-20)27(32,33)34/h4-9,11-15,22H,10H2,1-3H3,(H,36,37). The molecule has 3 nitrogen and oxygen atoms in total. The molecule has 0 aromatic heterocycles. The molecule has 37 heavy (non-hydrogen) atoms.